The molecule has 0 fully saturated rings. The number of nitro groups is 2. The highest BCUT2D eigenvalue weighted by molar-refractivity contribution is 6.36. The van der Waals surface area contributed by atoms with Crippen molar-refractivity contribution in [3.63, 3.8) is 0 Å². The van der Waals surface area contributed by atoms with Gasteiger partial charge in [0.15, 0.2) is 0 Å². The van der Waals surface area contributed by atoms with Crippen LogP contribution in [0.15, 0.2) is 115 Å². The topological polar surface area (TPSA) is 281 Å². The number of non-ortho nitro benzene ring substituents is 2. The van der Waals surface area contributed by atoms with E-state index in [1.807, 2.05) is 0 Å². The summed E-state index contributed by atoms with van der Waals surface area (Å²) in [6.07, 6.45) is 0. The molecule has 3 aliphatic heterocycles. The SMILES string of the molecule is O=C(NCCNCCN1C(=O)c2cccc3cc([N+](=O)[O-])cc(c23)C1=O)c1cc(C(=O)NCCNCCN2C(=O)c3cccc4cc([N+](=O)[O-])cc(c34)C2=O)cc(N2C(=O)c3cccc4cccc(c34)C2=O)c1. The van der Waals surface area contributed by atoms with Gasteiger partial charge in [0.1, 0.15) is 0 Å². The fraction of sp³-hybridized carbons (Fsp3) is 0.154. The molecule has 10 rings (SSSR count). The Hall–Kier alpha value is -9.60. The Morgan fingerprint density at radius 1 is 0.425 bits per heavy atom. The van der Waals surface area contributed by atoms with Crippen LogP contribution in [0.4, 0.5) is 17.1 Å². The summed E-state index contributed by atoms with van der Waals surface area (Å²) in [6, 6.07) is 28.4. The molecule has 7 aromatic carbocycles. The van der Waals surface area contributed by atoms with E-state index in [-0.39, 0.29) is 114 Å². The first kappa shape index (κ1) is 47.1. The Labute approximate surface area is 412 Å². The summed E-state index contributed by atoms with van der Waals surface area (Å²) < 4.78 is 0. The van der Waals surface area contributed by atoms with Gasteiger partial charge >= 0.3 is 0 Å². The molecule has 4 N–H and O–H groups in total. The predicted molar refractivity (Wildman–Crippen MR) is 264 cm³/mol. The van der Waals surface area contributed by atoms with Crippen molar-refractivity contribution in [3.8, 4) is 0 Å². The zero-order valence-corrected chi connectivity index (χ0v) is 38.3. The second-order valence-corrected chi connectivity index (χ2v) is 17.3. The maximum atomic E-state index is 14.1. The van der Waals surface area contributed by atoms with Gasteiger partial charge in [-0.2, -0.15) is 0 Å². The van der Waals surface area contributed by atoms with Crippen LogP contribution in [0.25, 0.3) is 32.3 Å². The summed E-state index contributed by atoms with van der Waals surface area (Å²) in [5.41, 5.74) is 0.295. The van der Waals surface area contributed by atoms with E-state index >= 15 is 0 Å². The third-order valence-electron chi connectivity index (χ3n) is 12.9. The van der Waals surface area contributed by atoms with Crippen molar-refractivity contribution < 1.29 is 48.2 Å². The average Bonchev–Trinajstić information content (AvgIpc) is 3.39. The average molecular weight is 982 g/mol. The number of nitro benzene ring substituents is 2. The van der Waals surface area contributed by atoms with Gasteiger partial charge < -0.3 is 21.3 Å². The highest BCUT2D eigenvalue weighted by Gasteiger charge is 2.37. The van der Waals surface area contributed by atoms with E-state index in [0.717, 1.165) is 26.8 Å². The number of rotatable bonds is 17. The number of amides is 8. The number of hydrogen-bond acceptors (Lipinski definition) is 14. The lowest BCUT2D eigenvalue weighted by atomic mass is 9.93. The number of carbonyl (C=O) groups excluding carboxylic acids is 8. The van der Waals surface area contributed by atoms with Crippen LogP contribution in [0.1, 0.15) is 82.9 Å². The highest BCUT2D eigenvalue weighted by Crippen LogP contribution is 2.36. The monoisotopic (exact) mass is 981 g/mol. The molecule has 0 aliphatic carbocycles. The van der Waals surface area contributed by atoms with Crippen molar-refractivity contribution in [1.82, 2.24) is 31.1 Å². The molecule has 0 atom stereocenters. The van der Waals surface area contributed by atoms with Gasteiger partial charge in [0, 0.05) is 126 Å². The van der Waals surface area contributed by atoms with Crippen molar-refractivity contribution in [2.75, 3.05) is 57.3 Å². The van der Waals surface area contributed by atoms with Crippen molar-refractivity contribution in [1.29, 1.82) is 0 Å². The Bertz CT molecular complexity index is 3420. The van der Waals surface area contributed by atoms with Crippen LogP contribution in [-0.2, 0) is 0 Å². The van der Waals surface area contributed by atoms with E-state index in [0.29, 0.717) is 32.3 Å². The Balaban J connectivity index is 0.791. The number of nitrogens with zero attached hydrogens (tertiary/aromatic N) is 5. The fourth-order valence-electron chi connectivity index (χ4n) is 9.53. The number of carbonyl (C=O) groups is 8. The van der Waals surface area contributed by atoms with E-state index in [4.69, 9.17) is 0 Å². The Morgan fingerprint density at radius 3 is 1.21 bits per heavy atom. The first-order valence-corrected chi connectivity index (χ1v) is 22.9. The smallest absolute Gasteiger partial charge is 0.270 e. The quantitative estimate of drug-likeness (QED) is 0.0405. The van der Waals surface area contributed by atoms with Gasteiger partial charge in [0.25, 0.3) is 58.6 Å². The maximum Gasteiger partial charge on any atom is 0.270 e. The van der Waals surface area contributed by atoms with Crippen molar-refractivity contribution in [3.05, 3.63) is 180 Å². The summed E-state index contributed by atoms with van der Waals surface area (Å²) >= 11 is 0. The Kier molecular flexibility index (Phi) is 12.2. The number of anilines is 1. The van der Waals surface area contributed by atoms with Gasteiger partial charge in [-0.3, -0.25) is 68.4 Å². The zero-order chi connectivity index (χ0) is 51.2. The van der Waals surface area contributed by atoms with Crippen LogP contribution >= 0.6 is 0 Å². The molecule has 8 amide bonds. The molecule has 0 unspecified atom stereocenters. The molecule has 0 spiro atoms. The second-order valence-electron chi connectivity index (χ2n) is 17.3. The van der Waals surface area contributed by atoms with E-state index in [1.165, 1.54) is 30.3 Å². The molecule has 0 aromatic heterocycles. The van der Waals surface area contributed by atoms with E-state index in [1.54, 1.807) is 72.8 Å². The lowest BCUT2D eigenvalue weighted by molar-refractivity contribution is -0.384. The number of hydrogen-bond donors (Lipinski definition) is 4. The summed E-state index contributed by atoms with van der Waals surface area (Å²) in [7, 11) is 0. The summed E-state index contributed by atoms with van der Waals surface area (Å²) in [4.78, 5) is 134. The molecular weight excluding hydrogens is 943 g/mol. The van der Waals surface area contributed by atoms with Crippen LogP contribution in [0.5, 0.6) is 0 Å². The fourth-order valence-corrected chi connectivity index (χ4v) is 9.53. The highest BCUT2D eigenvalue weighted by atomic mass is 16.6. The molecule has 21 heteroatoms. The number of nitrogens with one attached hydrogen (secondary N) is 4. The van der Waals surface area contributed by atoms with E-state index in [2.05, 4.69) is 21.3 Å². The van der Waals surface area contributed by atoms with Crippen LogP contribution in [0.2, 0.25) is 0 Å². The third kappa shape index (κ3) is 8.42. The molecule has 364 valence electrons. The third-order valence-corrected chi connectivity index (χ3v) is 12.9. The van der Waals surface area contributed by atoms with Crippen molar-refractivity contribution in [2.24, 2.45) is 0 Å². The summed E-state index contributed by atoms with van der Waals surface area (Å²) in [6.45, 7) is 0.344. The standard InChI is InChI=1S/C52H39N9O12/c62-45(55-15-13-53-17-19-57-47(64)36-9-3-7-29-22-34(60(70)71)26-40(43(29)36)49(57)66)31-21-32(25-33(24-31)59-51(68)38-11-1-5-28-6-2-12-39(42(28)38)52(59)69)46(63)56-16-14-54-18-20-58-48(65)37-10-4-8-30-23-35(61(72)73)27-41(44(30)37)50(58)67/h1-12,21-27,53-54H,13-20H2,(H,55,62)(H,56,63). The molecule has 0 radical (unpaired) electrons. The second kappa shape index (κ2) is 19.0. The normalized spacial score (nSPS) is 13.9. The first-order valence-electron chi connectivity index (χ1n) is 22.9. The van der Waals surface area contributed by atoms with E-state index in [9.17, 15) is 58.6 Å². The molecule has 73 heavy (non-hydrogen) atoms. The Morgan fingerprint density at radius 2 is 0.795 bits per heavy atom. The minimum Gasteiger partial charge on any atom is -0.351 e. The lowest BCUT2D eigenvalue weighted by Crippen LogP contribution is -2.44. The number of imide groups is 3. The van der Waals surface area contributed by atoms with Gasteiger partial charge in [-0.25, -0.2) is 4.90 Å². The molecule has 3 heterocycles. The van der Waals surface area contributed by atoms with Crippen molar-refractivity contribution >= 4 is 96.6 Å². The largest absolute Gasteiger partial charge is 0.351 e. The maximum absolute atomic E-state index is 14.1. The minimum absolute atomic E-state index is 0.0141. The summed E-state index contributed by atoms with van der Waals surface area (Å²) in [5, 5.41) is 37.4. The van der Waals surface area contributed by atoms with Crippen LogP contribution in [-0.4, -0.2) is 119 Å². The molecular formula is C52H39N9O12. The van der Waals surface area contributed by atoms with Gasteiger partial charge in [-0.05, 0) is 58.6 Å². The molecule has 0 bridgehead atoms. The van der Waals surface area contributed by atoms with Crippen LogP contribution in [0, 0.1) is 20.2 Å². The van der Waals surface area contributed by atoms with Crippen LogP contribution in [0.3, 0.4) is 0 Å². The molecule has 7 aromatic rings. The zero-order valence-electron chi connectivity index (χ0n) is 38.3. The minimum atomic E-state index is -0.680. The molecule has 3 aliphatic rings. The first-order chi connectivity index (χ1) is 35.2. The predicted octanol–water partition coefficient (Wildman–Crippen LogP) is 4.99. The summed E-state index contributed by atoms with van der Waals surface area (Å²) in [5.74, 6) is -5.13. The van der Waals surface area contributed by atoms with Gasteiger partial charge in [-0.1, -0.05) is 48.5 Å². The lowest BCUT2D eigenvalue weighted by Gasteiger charge is -2.28. The van der Waals surface area contributed by atoms with E-state index < -0.39 is 57.1 Å². The number of benzene rings is 7. The van der Waals surface area contributed by atoms with Crippen LogP contribution < -0.4 is 26.2 Å². The van der Waals surface area contributed by atoms with Gasteiger partial charge in [0.05, 0.1) is 26.7 Å². The van der Waals surface area contributed by atoms with Crippen molar-refractivity contribution in [2.45, 2.75) is 0 Å². The molecule has 0 saturated carbocycles. The molecule has 0 saturated heterocycles. The van der Waals surface area contributed by atoms with Gasteiger partial charge in [-0.15, -0.1) is 0 Å². The van der Waals surface area contributed by atoms with Gasteiger partial charge in [0.2, 0.25) is 0 Å². The molecule has 21 nitrogen and oxygen atoms in total.